The molecule has 0 aliphatic heterocycles. The van der Waals surface area contributed by atoms with Gasteiger partial charge in [0, 0.05) is 6.92 Å². The zero-order chi connectivity index (χ0) is 8.85. The molecule has 0 atom stereocenters. The maximum atomic E-state index is 10.5. The van der Waals surface area contributed by atoms with E-state index in [4.69, 9.17) is 4.42 Å². The molecule has 3 nitrogen and oxygen atoms in total. The first-order valence-electron chi connectivity index (χ1n) is 3.04. The predicted octanol–water partition coefficient (Wildman–Crippen LogP) is 1.82. The van der Waals surface area contributed by atoms with Crippen LogP contribution in [0.4, 0.5) is 0 Å². The van der Waals surface area contributed by atoms with Gasteiger partial charge in [0.2, 0.25) is 0 Å². The highest BCUT2D eigenvalue weighted by atomic mass is 79.9. The Morgan fingerprint density at radius 3 is 2.27 bits per heavy atom. The van der Waals surface area contributed by atoms with Crippen LogP contribution in [0.3, 0.4) is 0 Å². The van der Waals surface area contributed by atoms with Crippen LogP contribution in [0.5, 0.6) is 0 Å². The van der Waals surface area contributed by atoms with E-state index in [2.05, 4.69) is 21.7 Å². The molecule has 62 valence electrons. The Morgan fingerprint density at radius 2 is 2.09 bits per heavy atom. The van der Waals surface area contributed by atoms with Gasteiger partial charge in [-0.25, -0.2) is 0 Å². The SMILES string of the molecule is CC(=O)c1ccc(Br)o1.CN. The van der Waals surface area contributed by atoms with E-state index in [-0.39, 0.29) is 5.78 Å². The number of halogens is 1. The molecule has 0 aliphatic rings. The van der Waals surface area contributed by atoms with Gasteiger partial charge in [0.25, 0.3) is 0 Å². The van der Waals surface area contributed by atoms with Crippen molar-refractivity contribution in [2.45, 2.75) is 6.92 Å². The summed E-state index contributed by atoms with van der Waals surface area (Å²) in [7, 11) is 1.50. The van der Waals surface area contributed by atoms with Crippen molar-refractivity contribution in [3.8, 4) is 0 Å². The summed E-state index contributed by atoms with van der Waals surface area (Å²) in [6.45, 7) is 1.46. The molecular formula is C7H10BrNO2. The maximum absolute atomic E-state index is 10.5. The largest absolute Gasteiger partial charge is 0.446 e. The van der Waals surface area contributed by atoms with Crippen LogP contribution < -0.4 is 5.73 Å². The molecule has 0 spiro atoms. The van der Waals surface area contributed by atoms with Crippen molar-refractivity contribution in [3.05, 3.63) is 22.6 Å². The van der Waals surface area contributed by atoms with Gasteiger partial charge in [-0.05, 0) is 35.1 Å². The highest BCUT2D eigenvalue weighted by Crippen LogP contribution is 2.13. The van der Waals surface area contributed by atoms with Crippen LogP contribution in [0.2, 0.25) is 0 Å². The van der Waals surface area contributed by atoms with Gasteiger partial charge in [0.05, 0.1) is 0 Å². The predicted molar refractivity (Wildman–Crippen MR) is 46.5 cm³/mol. The second-order valence-electron chi connectivity index (χ2n) is 1.66. The molecule has 0 amide bonds. The monoisotopic (exact) mass is 219 g/mol. The molecule has 0 aliphatic carbocycles. The average molecular weight is 220 g/mol. The van der Waals surface area contributed by atoms with Crippen molar-refractivity contribution >= 4 is 21.7 Å². The summed E-state index contributed by atoms with van der Waals surface area (Å²) in [4.78, 5) is 10.5. The van der Waals surface area contributed by atoms with Crippen molar-refractivity contribution in [1.82, 2.24) is 0 Å². The van der Waals surface area contributed by atoms with E-state index < -0.39 is 0 Å². The molecule has 1 aromatic rings. The number of carbonyl (C=O) groups excluding carboxylic acids is 1. The Balaban J connectivity index is 0.000000461. The van der Waals surface area contributed by atoms with E-state index in [1.54, 1.807) is 12.1 Å². The topological polar surface area (TPSA) is 56.2 Å². The van der Waals surface area contributed by atoms with Gasteiger partial charge in [0.1, 0.15) is 0 Å². The van der Waals surface area contributed by atoms with Gasteiger partial charge >= 0.3 is 0 Å². The van der Waals surface area contributed by atoms with Crippen LogP contribution in [0, 0.1) is 0 Å². The molecule has 0 unspecified atom stereocenters. The number of ketones is 1. The van der Waals surface area contributed by atoms with Gasteiger partial charge < -0.3 is 10.2 Å². The second-order valence-corrected chi connectivity index (χ2v) is 2.44. The molecular weight excluding hydrogens is 210 g/mol. The first kappa shape index (κ1) is 10.4. The number of furan rings is 1. The number of nitrogens with two attached hydrogens (primary N) is 1. The van der Waals surface area contributed by atoms with Crippen molar-refractivity contribution in [3.63, 3.8) is 0 Å². The van der Waals surface area contributed by atoms with Crippen LogP contribution in [-0.4, -0.2) is 12.8 Å². The van der Waals surface area contributed by atoms with Crippen LogP contribution in [0.1, 0.15) is 17.5 Å². The minimum atomic E-state index is -0.0549. The van der Waals surface area contributed by atoms with Crippen molar-refractivity contribution in [2.75, 3.05) is 7.05 Å². The Kier molecular flexibility index (Phi) is 4.81. The summed E-state index contributed by atoms with van der Waals surface area (Å²) in [5.41, 5.74) is 4.50. The van der Waals surface area contributed by atoms with Crippen molar-refractivity contribution in [1.29, 1.82) is 0 Å². The minimum Gasteiger partial charge on any atom is -0.446 e. The third-order valence-corrected chi connectivity index (χ3v) is 1.35. The van der Waals surface area contributed by atoms with E-state index in [0.29, 0.717) is 10.4 Å². The third kappa shape index (κ3) is 3.34. The maximum Gasteiger partial charge on any atom is 0.194 e. The third-order valence-electron chi connectivity index (χ3n) is 0.920. The quantitative estimate of drug-likeness (QED) is 0.734. The van der Waals surface area contributed by atoms with Gasteiger partial charge in [0.15, 0.2) is 16.2 Å². The molecule has 0 fully saturated rings. The molecule has 0 saturated heterocycles. The normalized spacial score (nSPS) is 8.36. The molecule has 4 heteroatoms. The molecule has 0 radical (unpaired) electrons. The molecule has 1 rings (SSSR count). The lowest BCUT2D eigenvalue weighted by Crippen LogP contribution is -1.85. The Hall–Kier alpha value is -0.610. The lowest BCUT2D eigenvalue weighted by molar-refractivity contribution is 0.0986. The Bertz CT molecular complexity index is 232. The Morgan fingerprint density at radius 1 is 1.55 bits per heavy atom. The summed E-state index contributed by atoms with van der Waals surface area (Å²) in [6.07, 6.45) is 0. The van der Waals surface area contributed by atoms with E-state index in [1.807, 2.05) is 0 Å². The summed E-state index contributed by atoms with van der Waals surface area (Å²) in [6, 6.07) is 3.32. The van der Waals surface area contributed by atoms with Crippen LogP contribution in [0.15, 0.2) is 21.2 Å². The smallest absolute Gasteiger partial charge is 0.194 e. The van der Waals surface area contributed by atoms with E-state index in [9.17, 15) is 4.79 Å². The van der Waals surface area contributed by atoms with Gasteiger partial charge in [-0.2, -0.15) is 0 Å². The fourth-order valence-corrected chi connectivity index (χ4v) is 0.810. The van der Waals surface area contributed by atoms with Crippen molar-refractivity contribution < 1.29 is 9.21 Å². The van der Waals surface area contributed by atoms with Crippen LogP contribution in [-0.2, 0) is 0 Å². The lowest BCUT2D eigenvalue weighted by atomic mass is 10.3. The minimum absolute atomic E-state index is 0.0549. The zero-order valence-electron chi connectivity index (χ0n) is 6.43. The fraction of sp³-hybridized carbons (Fsp3) is 0.286. The van der Waals surface area contributed by atoms with Crippen LogP contribution in [0.25, 0.3) is 0 Å². The average Bonchev–Trinajstić information content (AvgIpc) is 2.40. The Labute approximate surface area is 73.7 Å². The van der Waals surface area contributed by atoms with Crippen molar-refractivity contribution in [2.24, 2.45) is 5.73 Å². The molecule has 1 aromatic heterocycles. The van der Waals surface area contributed by atoms with E-state index in [1.165, 1.54) is 14.0 Å². The van der Waals surface area contributed by atoms with Gasteiger partial charge in [-0.3, -0.25) is 4.79 Å². The molecule has 0 saturated carbocycles. The van der Waals surface area contributed by atoms with Gasteiger partial charge in [-0.1, -0.05) is 0 Å². The fourth-order valence-electron chi connectivity index (χ4n) is 0.504. The number of Topliss-reactive ketones (excluding diaryl/α,β-unsaturated/α-hetero) is 1. The number of rotatable bonds is 1. The number of carbonyl (C=O) groups is 1. The summed E-state index contributed by atoms with van der Waals surface area (Å²) >= 11 is 3.08. The second kappa shape index (κ2) is 5.09. The molecule has 0 bridgehead atoms. The molecule has 0 aromatic carbocycles. The van der Waals surface area contributed by atoms with Gasteiger partial charge in [-0.15, -0.1) is 0 Å². The van der Waals surface area contributed by atoms with E-state index in [0.717, 1.165) is 0 Å². The summed E-state index contributed by atoms with van der Waals surface area (Å²) < 4.78 is 5.50. The molecule has 11 heavy (non-hydrogen) atoms. The zero-order valence-corrected chi connectivity index (χ0v) is 8.01. The first-order valence-corrected chi connectivity index (χ1v) is 3.83. The first-order chi connectivity index (χ1) is 5.20. The number of hydrogen-bond donors (Lipinski definition) is 1. The highest BCUT2D eigenvalue weighted by Gasteiger charge is 2.02. The van der Waals surface area contributed by atoms with E-state index >= 15 is 0 Å². The summed E-state index contributed by atoms with van der Waals surface area (Å²) in [5, 5.41) is 0. The highest BCUT2D eigenvalue weighted by molar-refractivity contribution is 9.10. The standard InChI is InChI=1S/C6H5BrO2.CH5N/c1-4(8)5-2-3-6(7)9-5;1-2/h2-3H,1H3;2H2,1H3. The lowest BCUT2D eigenvalue weighted by Gasteiger charge is -1.82. The number of hydrogen-bond acceptors (Lipinski definition) is 3. The summed E-state index contributed by atoms with van der Waals surface area (Å²) in [5.74, 6) is 0.336. The molecule has 1 heterocycles. The van der Waals surface area contributed by atoms with Crippen LogP contribution >= 0.6 is 15.9 Å². The molecule has 2 N–H and O–H groups in total.